The van der Waals surface area contributed by atoms with Gasteiger partial charge in [0, 0.05) is 24.1 Å². The summed E-state index contributed by atoms with van der Waals surface area (Å²) in [4.78, 5) is 2.47. The molecule has 0 N–H and O–H groups in total. The average molecular weight is 312 g/mol. The molecule has 1 rings (SSSR count). The molecule has 1 nitrogen and oxygen atoms in total. The third kappa shape index (κ3) is 4.31. The van der Waals surface area contributed by atoms with E-state index in [0.717, 1.165) is 18.4 Å². The van der Waals surface area contributed by atoms with Gasteiger partial charge in [-0.3, -0.25) is 0 Å². The van der Waals surface area contributed by atoms with Crippen molar-refractivity contribution in [3.05, 3.63) is 29.8 Å². The Bertz CT molecular complexity index is 350. The minimum atomic E-state index is 0.335. The SMILES string of the molecule is CCN(CC(CBr)C(C)(C)C)c1ccc(C)cc1. The molecule has 102 valence electrons. The molecule has 0 aliphatic heterocycles. The van der Waals surface area contributed by atoms with Gasteiger partial charge in [-0.1, -0.05) is 54.4 Å². The van der Waals surface area contributed by atoms with E-state index < -0.39 is 0 Å². The molecule has 0 spiro atoms. The van der Waals surface area contributed by atoms with E-state index in [1.165, 1.54) is 11.3 Å². The van der Waals surface area contributed by atoms with Crippen molar-refractivity contribution in [1.82, 2.24) is 0 Å². The summed E-state index contributed by atoms with van der Waals surface area (Å²) in [5.74, 6) is 0.652. The van der Waals surface area contributed by atoms with E-state index in [2.05, 4.69) is 79.7 Å². The van der Waals surface area contributed by atoms with E-state index in [4.69, 9.17) is 0 Å². The Balaban J connectivity index is 2.81. The zero-order valence-electron chi connectivity index (χ0n) is 12.3. The van der Waals surface area contributed by atoms with Gasteiger partial charge >= 0.3 is 0 Å². The Morgan fingerprint density at radius 2 is 1.72 bits per heavy atom. The van der Waals surface area contributed by atoms with E-state index in [1.54, 1.807) is 0 Å². The summed E-state index contributed by atoms with van der Waals surface area (Å²) in [7, 11) is 0. The zero-order chi connectivity index (χ0) is 13.8. The van der Waals surface area contributed by atoms with Crippen molar-refractivity contribution >= 4 is 21.6 Å². The van der Waals surface area contributed by atoms with E-state index in [1.807, 2.05) is 0 Å². The second kappa shape index (κ2) is 6.60. The van der Waals surface area contributed by atoms with Crippen LogP contribution in [0.4, 0.5) is 5.69 Å². The van der Waals surface area contributed by atoms with Gasteiger partial charge in [0.1, 0.15) is 0 Å². The van der Waals surface area contributed by atoms with Crippen molar-refractivity contribution in [2.75, 3.05) is 23.3 Å². The number of alkyl halides is 1. The summed E-state index contributed by atoms with van der Waals surface area (Å²) in [6.07, 6.45) is 0. The minimum absolute atomic E-state index is 0.335. The van der Waals surface area contributed by atoms with Crippen LogP contribution in [0.15, 0.2) is 24.3 Å². The molecule has 0 heterocycles. The first kappa shape index (κ1) is 15.6. The molecule has 2 heteroatoms. The van der Waals surface area contributed by atoms with E-state index in [0.29, 0.717) is 11.3 Å². The molecule has 1 aromatic carbocycles. The highest BCUT2D eigenvalue weighted by Crippen LogP contribution is 2.29. The Hall–Kier alpha value is -0.500. The minimum Gasteiger partial charge on any atom is -0.371 e. The number of aryl methyl sites for hydroxylation is 1. The maximum atomic E-state index is 3.67. The van der Waals surface area contributed by atoms with E-state index in [9.17, 15) is 0 Å². The lowest BCUT2D eigenvalue weighted by Gasteiger charge is -2.35. The van der Waals surface area contributed by atoms with Gasteiger partial charge in [0.25, 0.3) is 0 Å². The number of hydrogen-bond donors (Lipinski definition) is 0. The molecule has 0 aliphatic carbocycles. The standard InChI is InChI=1S/C16H26BrN/c1-6-18(12-14(11-17)16(3,4)5)15-9-7-13(2)8-10-15/h7-10,14H,6,11-12H2,1-5H3. The van der Waals surface area contributed by atoms with E-state index >= 15 is 0 Å². The maximum absolute atomic E-state index is 3.67. The van der Waals surface area contributed by atoms with Crippen LogP contribution < -0.4 is 4.90 Å². The topological polar surface area (TPSA) is 3.24 Å². The molecule has 0 amide bonds. The van der Waals surface area contributed by atoms with Crippen molar-refractivity contribution < 1.29 is 0 Å². The lowest BCUT2D eigenvalue weighted by molar-refractivity contribution is 0.271. The molecule has 0 aromatic heterocycles. The molecule has 0 saturated heterocycles. The molecular formula is C16H26BrN. The first-order valence-electron chi connectivity index (χ1n) is 6.76. The fourth-order valence-corrected chi connectivity index (χ4v) is 3.17. The van der Waals surface area contributed by atoms with Crippen molar-refractivity contribution in [2.45, 2.75) is 34.6 Å². The largest absolute Gasteiger partial charge is 0.371 e. The highest BCUT2D eigenvalue weighted by atomic mass is 79.9. The molecule has 0 fully saturated rings. The van der Waals surface area contributed by atoms with Crippen molar-refractivity contribution in [3.8, 4) is 0 Å². The second-order valence-electron chi connectivity index (χ2n) is 6.09. The van der Waals surface area contributed by atoms with Crippen LogP contribution in [0.25, 0.3) is 0 Å². The van der Waals surface area contributed by atoms with Crippen LogP contribution in [0, 0.1) is 18.3 Å². The van der Waals surface area contributed by atoms with Crippen molar-refractivity contribution in [2.24, 2.45) is 11.3 Å². The van der Waals surface area contributed by atoms with E-state index in [-0.39, 0.29) is 0 Å². The van der Waals surface area contributed by atoms with Crippen LogP contribution in [-0.4, -0.2) is 18.4 Å². The number of hydrogen-bond acceptors (Lipinski definition) is 1. The third-order valence-corrected chi connectivity index (χ3v) is 4.41. The lowest BCUT2D eigenvalue weighted by Crippen LogP contribution is -2.36. The lowest BCUT2D eigenvalue weighted by atomic mass is 9.81. The molecule has 0 saturated carbocycles. The molecular weight excluding hydrogens is 286 g/mol. The summed E-state index contributed by atoms with van der Waals surface area (Å²) < 4.78 is 0. The fraction of sp³-hybridized carbons (Fsp3) is 0.625. The normalized spacial score (nSPS) is 13.4. The second-order valence-corrected chi connectivity index (χ2v) is 6.74. The van der Waals surface area contributed by atoms with Crippen LogP contribution in [0.5, 0.6) is 0 Å². The fourth-order valence-electron chi connectivity index (χ4n) is 1.99. The monoisotopic (exact) mass is 311 g/mol. The van der Waals surface area contributed by atoms with Crippen LogP contribution in [0.3, 0.4) is 0 Å². The predicted molar refractivity (Wildman–Crippen MR) is 85.8 cm³/mol. The molecule has 1 atom stereocenters. The highest BCUT2D eigenvalue weighted by Gasteiger charge is 2.25. The Morgan fingerprint density at radius 3 is 2.11 bits per heavy atom. The number of nitrogens with zero attached hydrogens (tertiary/aromatic N) is 1. The van der Waals surface area contributed by atoms with Gasteiger partial charge < -0.3 is 4.90 Å². The predicted octanol–water partition coefficient (Wildman–Crippen LogP) is 4.88. The summed E-state index contributed by atoms with van der Waals surface area (Å²) >= 11 is 3.67. The van der Waals surface area contributed by atoms with Crippen LogP contribution in [0.1, 0.15) is 33.3 Å². The van der Waals surface area contributed by atoms with Gasteiger partial charge in [0.05, 0.1) is 0 Å². The Morgan fingerprint density at radius 1 is 1.17 bits per heavy atom. The van der Waals surface area contributed by atoms with Gasteiger partial charge in [-0.05, 0) is 37.3 Å². The van der Waals surface area contributed by atoms with Crippen molar-refractivity contribution in [3.63, 3.8) is 0 Å². The van der Waals surface area contributed by atoms with Gasteiger partial charge in [-0.15, -0.1) is 0 Å². The maximum Gasteiger partial charge on any atom is 0.0366 e. The molecule has 1 unspecified atom stereocenters. The number of rotatable bonds is 5. The highest BCUT2D eigenvalue weighted by molar-refractivity contribution is 9.09. The molecule has 0 bridgehead atoms. The summed E-state index contributed by atoms with van der Waals surface area (Å²) in [5.41, 5.74) is 2.99. The van der Waals surface area contributed by atoms with Crippen LogP contribution >= 0.6 is 15.9 Å². The third-order valence-electron chi connectivity index (χ3n) is 3.63. The average Bonchev–Trinajstić information content (AvgIpc) is 2.30. The van der Waals surface area contributed by atoms with Crippen molar-refractivity contribution in [1.29, 1.82) is 0 Å². The van der Waals surface area contributed by atoms with Gasteiger partial charge in [-0.2, -0.15) is 0 Å². The molecule has 0 aliphatic rings. The first-order chi connectivity index (χ1) is 8.38. The molecule has 0 radical (unpaired) electrons. The quantitative estimate of drug-likeness (QED) is 0.701. The zero-order valence-corrected chi connectivity index (χ0v) is 13.9. The Kier molecular flexibility index (Phi) is 5.71. The number of benzene rings is 1. The van der Waals surface area contributed by atoms with Gasteiger partial charge in [0.15, 0.2) is 0 Å². The summed E-state index contributed by atoms with van der Waals surface area (Å²) in [6, 6.07) is 8.84. The Labute approximate surface area is 121 Å². The van der Waals surface area contributed by atoms with Gasteiger partial charge in [-0.25, -0.2) is 0 Å². The first-order valence-corrected chi connectivity index (χ1v) is 7.88. The molecule has 1 aromatic rings. The van der Waals surface area contributed by atoms with Crippen LogP contribution in [-0.2, 0) is 0 Å². The molecule has 18 heavy (non-hydrogen) atoms. The number of halogens is 1. The number of anilines is 1. The summed E-state index contributed by atoms with van der Waals surface area (Å²) in [5, 5.41) is 1.05. The summed E-state index contributed by atoms with van der Waals surface area (Å²) in [6.45, 7) is 13.5. The smallest absolute Gasteiger partial charge is 0.0366 e. The van der Waals surface area contributed by atoms with Crippen LogP contribution in [0.2, 0.25) is 0 Å². The van der Waals surface area contributed by atoms with Gasteiger partial charge in [0.2, 0.25) is 0 Å².